The van der Waals surface area contributed by atoms with Gasteiger partial charge in [-0.2, -0.15) is 0 Å². The van der Waals surface area contributed by atoms with E-state index in [1.165, 1.54) is 0 Å². The van der Waals surface area contributed by atoms with Gasteiger partial charge in [-0.15, -0.1) is 0 Å². The zero-order valence-corrected chi connectivity index (χ0v) is 12.3. The average molecular weight is 296 g/mol. The predicted molar refractivity (Wildman–Crippen MR) is 82.4 cm³/mol. The summed E-state index contributed by atoms with van der Waals surface area (Å²) < 4.78 is 0. The number of anilines is 2. The van der Waals surface area contributed by atoms with Gasteiger partial charge in [0, 0.05) is 36.9 Å². The molecule has 0 amide bonds. The van der Waals surface area contributed by atoms with Gasteiger partial charge in [-0.3, -0.25) is 4.98 Å². The van der Waals surface area contributed by atoms with E-state index in [2.05, 4.69) is 10.3 Å². The Balaban J connectivity index is 2.14. The second kappa shape index (κ2) is 6.13. The number of halogens is 2. The first-order valence-electron chi connectivity index (χ1n) is 5.86. The van der Waals surface area contributed by atoms with E-state index in [0.717, 1.165) is 16.9 Å². The van der Waals surface area contributed by atoms with Crippen molar-refractivity contribution < 1.29 is 0 Å². The highest BCUT2D eigenvalue weighted by molar-refractivity contribution is 6.34. The predicted octanol–water partition coefficient (Wildman–Crippen LogP) is 4.07. The van der Waals surface area contributed by atoms with Gasteiger partial charge in [-0.1, -0.05) is 23.2 Å². The molecule has 1 aromatic carbocycles. The SMILES string of the molecule is CN(C)c1ccncc1NCc1cc(Cl)cc(Cl)c1. The van der Waals surface area contributed by atoms with Gasteiger partial charge in [0.05, 0.1) is 17.6 Å². The van der Waals surface area contributed by atoms with E-state index in [9.17, 15) is 0 Å². The smallest absolute Gasteiger partial charge is 0.0766 e. The van der Waals surface area contributed by atoms with Gasteiger partial charge in [0.25, 0.3) is 0 Å². The van der Waals surface area contributed by atoms with E-state index < -0.39 is 0 Å². The Labute approximate surface area is 123 Å². The molecule has 0 saturated heterocycles. The minimum absolute atomic E-state index is 0.642. The van der Waals surface area contributed by atoms with Crippen molar-refractivity contribution in [1.29, 1.82) is 0 Å². The highest BCUT2D eigenvalue weighted by Crippen LogP contribution is 2.24. The second-order valence-electron chi connectivity index (χ2n) is 4.42. The molecule has 0 atom stereocenters. The minimum atomic E-state index is 0.642. The van der Waals surface area contributed by atoms with Gasteiger partial charge < -0.3 is 10.2 Å². The molecule has 0 spiro atoms. The fourth-order valence-corrected chi connectivity index (χ4v) is 2.39. The average Bonchev–Trinajstić information content (AvgIpc) is 2.35. The molecule has 1 N–H and O–H groups in total. The molecule has 1 aromatic heterocycles. The van der Waals surface area contributed by atoms with Crippen LogP contribution in [0.1, 0.15) is 5.56 Å². The second-order valence-corrected chi connectivity index (χ2v) is 5.29. The van der Waals surface area contributed by atoms with Crippen LogP contribution in [0.5, 0.6) is 0 Å². The molecule has 0 saturated carbocycles. The zero-order valence-electron chi connectivity index (χ0n) is 10.8. The van der Waals surface area contributed by atoms with Crippen LogP contribution in [0, 0.1) is 0 Å². The lowest BCUT2D eigenvalue weighted by atomic mass is 10.2. The Kier molecular flexibility index (Phi) is 4.51. The maximum absolute atomic E-state index is 5.98. The summed E-state index contributed by atoms with van der Waals surface area (Å²) >= 11 is 12.0. The van der Waals surface area contributed by atoms with Gasteiger partial charge in [0.15, 0.2) is 0 Å². The third-order valence-corrected chi connectivity index (χ3v) is 3.12. The van der Waals surface area contributed by atoms with Crippen LogP contribution in [0.15, 0.2) is 36.7 Å². The number of rotatable bonds is 4. The first kappa shape index (κ1) is 14.0. The molecule has 0 aliphatic rings. The molecular formula is C14H15Cl2N3. The minimum Gasteiger partial charge on any atom is -0.378 e. The van der Waals surface area contributed by atoms with E-state index in [1.54, 1.807) is 12.3 Å². The van der Waals surface area contributed by atoms with Gasteiger partial charge in [0.2, 0.25) is 0 Å². The summed E-state index contributed by atoms with van der Waals surface area (Å²) in [6, 6.07) is 7.48. The van der Waals surface area contributed by atoms with Crippen LogP contribution < -0.4 is 10.2 Å². The molecule has 1 heterocycles. The van der Waals surface area contributed by atoms with Crippen LogP contribution in [-0.4, -0.2) is 19.1 Å². The maximum atomic E-state index is 5.98. The molecule has 0 bridgehead atoms. The topological polar surface area (TPSA) is 28.2 Å². The van der Waals surface area contributed by atoms with Crippen molar-refractivity contribution in [2.24, 2.45) is 0 Å². The van der Waals surface area contributed by atoms with Crippen LogP contribution in [0.2, 0.25) is 10.0 Å². The first-order chi connectivity index (χ1) is 9.06. The largest absolute Gasteiger partial charge is 0.378 e. The van der Waals surface area contributed by atoms with Crippen LogP contribution in [0.3, 0.4) is 0 Å². The maximum Gasteiger partial charge on any atom is 0.0766 e. The Bertz CT molecular complexity index is 550. The monoisotopic (exact) mass is 295 g/mol. The van der Waals surface area contributed by atoms with Crippen molar-refractivity contribution in [2.45, 2.75) is 6.54 Å². The summed E-state index contributed by atoms with van der Waals surface area (Å²) in [6.07, 6.45) is 3.58. The number of aromatic nitrogens is 1. The van der Waals surface area contributed by atoms with Crippen molar-refractivity contribution >= 4 is 34.6 Å². The van der Waals surface area contributed by atoms with E-state index in [-0.39, 0.29) is 0 Å². The van der Waals surface area contributed by atoms with Gasteiger partial charge in [0.1, 0.15) is 0 Å². The fourth-order valence-electron chi connectivity index (χ4n) is 1.82. The Hall–Kier alpha value is -1.45. The highest BCUT2D eigenvalue weighted by atomic mass is 35.5. The summed E-state index contributed by atoms with van der Waals surface area (Å²) in [5.74, 6) is 0. The molecule has 0 aliphatic heterocycles. The molecule has 19 heavy (non-hydrogen) atoms. The summed E-state index contributed by atoms with van der Waals surface area (Å²) in [5, 5.41) is 4.63. The molecule has 0 radical (unpaired) electrons. The molecule has 0 fully saturated rings. The lowest BCUT2D eigenvalue weighted by Crippen LogP contribution is -2.12. The van der Waals surface area contributed by atoms with Crippen molar-refractivity contribution in [3.05, 3.63) is 52.3 Å². The Morgan fingerprint density at radius 1 is 1.16 bits per heavy atom. The molecule has 0 unspecified atom stereocenters. The Morgan fingerprint density at radius 2 is 1.84 bits per heavy atom. The van der Waals surface area contributed by atoms with Crippen molar-refractivity contribution in [3.8, 4) is 0 Å². The first-order valence-corrected chi connectivity index (χ1v) is 6.62. The number of benzene rings is 1. The van der Waals surface area contributed by atoms with Crippen LogP contribution in [0.4, 0.5) is 11.4 Å². The standard InChI is InChI=1S/C14H15Cl2N3/c1-19(2)14-3-4-17-9-13(14)18-8-10-5-11(15)7-12(16)6-10/h3-7,9,18H,8H2,1-2H3. The summed E-state index contributed by atoms with van der Waals surface area (Å²) in [6.45, 7) is 0.646. The molecule has 2 aromatic rings. The molecule has 100 valence electrons. The van der Waals surface area contributed by atoms with E-state index >= 15 is 0 Å². The molecule has 5 heteroatoms. The number of nitrogens with zero attached hydrogens (tertiary/aromatic N) is 2. The number of hydrogen-bond donors (Lipinski definition) is 1. The van der Waals surface area contributed by atoms with Crippen molar-refractivity contribution in [1.82, 2.24) is 4.98 Å². The number of hydrogen-bond acceptors (Lipinski definition) is 3. The van der Waals surface area contributed by atoms with Gasteiger partial charge in [-0.25, -0.2) is 0 Å². The third-order valence-electron chi connectivity index (χ3n) is 2.69. The normalized spacial score (nSPS) is 10.3. The summed E-state index contributed by atoms with van der Waals surface area (Å²) in [4.78, 5) is 6.17. The zero-order chi connectivity index (χ0) is 13.8. The quantitative estimate of drug-likeness (QED) is 0.922. The molecule has 2 rings (SSSR count). The van der Waals surface area contributed by atoms with Crippen LogP contribution in [0.25, 0.3) is 0 Å². The van der Waals surface area contributed by atoms with E-state index in [0.29, 0.717) is 16.6 Å². The van der Waals surface area contributed by atoms with Crippen molar-refractivity contribution in [2.75, 3.05) is 24.3 Å². The lowest BCUT2D eigenvalue weighted by Gasteiger charge is -2.18. The Morgan fingerprint density at radius 3 is 2.47 bits per heavy atom. The van der Waals surface area contributed by atoms with E-state index in [4.69, 9.17) is 23.2 Å². The number of pyridine rings is 1. The van der Waals surface area contributed by atoms with Crippen LogP contribution >= 0.6 is 23.2 Å². The third kappa shape index (κ3) is 3.75. The number of nitrogens with one attached hydrogen (secondary N) is 1. The highest BCUT2D eigenvalue weighted by Gasteiger charge is 2.04. The van der Waals surface area contributed by atoms with Crippen LogP contribution in [-0.2, 0) is 6.54 Å². The van der Waals surface area contributed by atoms with Crippen molar-refractivity contribution in [3.63, 3.8) is 0 Å². The summed E-state index contributed by atoms with van der Waals surface area (Å²) in [7, 11) is 3.99. The fraction of sp³-hybridized carbons (Fsp3) is 0.214. The lowest BCUT2D eigenvalue weighted by molar-refractivity contribution is 1.09. The molecule has 3 nitrogen and oxygen atoms in total. The van der Waals surface area contributed by atoms with E-state index in [1.807, 2.05) is 43.4 Å². The summed E-state index contributed by atoms with van der Waals surface area (Å²) in [5.41, 5.74) is 3.10. The molecular weight excluding hydrogens is 281 g/mol. The molecule has 0 aliphatic carbocycles. The van der Waals surface area contributed by atoms with Gasteiger partial charge >= 0.3 is 0 Å². The van der Waals surface area contributed by atoms with Gasteiger partial charge in [-0.05, 0) is 29.8 Å².